The zero-order valence-corrected chi connectivity index (χ0v) is 15.1. The van der Waals surface area contributed by atoms with Crippen molar-refractivity contribution in [2.45, 2.75) is 20.0 Å². The zero-order chi connectivity index (χ0) is 17.4. The number of nitrogens with zero attached hydrogens (tertiary/aromatic N) is 3. The smallest absolute Gasteiger partial charge is 0.109 e. The first-order valence-corrected chi connectivity index (χ1v) is 9.25. The van der Waals surface area contributed by atoms with E-state index in [9.17, 15) is 5.26 Å². The normalized spacial score (nSPS) is 17.6. The molecule has 1 aliphatic rings. The molecule has 1 aliphatic heterocycles. The molecule has 1 atom stereocenters. The number of thiophene rings is 1. The molecule has 1 aromatic carbocycles. The molecule has 4 nitrogen and oxygen atoms in total. The predicted molar refractivity (Wildman–Crippen MR) is 101 cm³/mol. The molecule has 126 valence electrons. The fourth-order valence-corrected chi connectivity index (χ4v) is 4.33. The lowest BCUT2D eigenvalue weighted by Crippen LogP contribution is -2.38. The summed E-state index contributed by atoms with van der Waals surface area (Å²) in [6.45, 7) is 6.35. The number of aromatic nitrogens is 1. The van der Waals surface area contributed by atoms with E-state index in [-0.39, 0.29) is 6.10 Å². The molecule has 1 unspecified atom stereocenters. The van der Waals surface area contributed by atoms with E-state index >= 15 is 0 Å². The third-order valence-corrected chi connectivity index (χ3v) is 5.61. The van der Waals surface area contributed by atoms with E-state index < -0.39 is 0 Å². The summed E-state index contributed by atoms with van der Waals surface area (Å²) in [5.74, 6) is 0. The van der Waals surface area contributed by atoms with Crippen LogP contribution in [0.4, 0.5) is 5.69 Å². The predicted octanol–water partition coefficient (Wildman–Crippen LogP) is 4.36. The quantitative estimate of drug-likeness (QED) is 0.689. The highest BCUT2D eigenvalue weighted by atomic mass is 32.1. The van der Waals surface area contributed by atoms with Gasteiger partial charge >= 0.3 is 0 Å². The number of hydrogen-bond donors (Lipinski definition) is 0. The van der Waals surface area contributed by atoms with Gasteiger partial charge in [-0.2, -0.15) is 5.26 Å². The Morgan fingerprint density at radius 3 is 3.00 bits per heavy atom. The molecule has 0 bridgehead atoms. The van der Waals surface area contributed by atoms with Crippen molar-refractivity contribution in [3.8, 4) is 6.07 Å². The Morgan fingerprint density at radius 1 is 1.36 bits per heavy atom. The maximum absolute atomic E-state index is 9.65. The number of aryl methyl sites for hydroxylation is 2. The highest BCUT2D eigenvalue weighted by molar-refractivity contribution is 7.10. The molecule has 4 rings (SSSR count). The molecular weight excluding hydrogens is 330 g/mol. The Morgan fingerprint density at radius 2 is 2.24 bits per heavy atom. The van der Waals surface area contributed by atoms with Crippen LogP contribution in [0.15, 0.2) is 35.8 Å². The fourth-order valence-electron chi connectivity index (χ4n) is 3.57. The van der Waals surface area contributed by atoms with Crippen molar-refractivity contribution in [3.05, 3.63) is 57.4 Å². The second-order valence-corrected chi connectivity index (χ2v) is 7.41. The molecule has 0 radical (unpaired) electrons. The first kappa shape index (κ1) is 16.1. The van der Waals surface area contributed by atoms with E-state index in [1.165, 1.54) is 10.4 Å². The van der Waals surface area contributed by atoms with E-state index in [1.54, 1.807) is 17.5 Å². The minimum Gasteiger partial charge on any atom is -0.369 e. The van der Waals surface area contributed by atoms with Crippen LogP contribution in [0.1, 0.15) is 27.7 Å². The summed E-state index contributed by atoms with van der Waals surface area (Å²) < 4.78 is 5.98. The number of morpholine rings is 1. The third kappa shape index (κ3) is 2.88. The SMILES string of the molecule is Cc1cc(C)c2ncc(C#N)c(N3CCOC(c4cccs4)C3)c2c1. The average Bonchev–Trinajstić information content (AvgIpc) is 3.15. The van der Waals surface area contributed by atoms with Gasteiger partial charge in [0.15, 0.2) is 0 Å². The molecule has 2 aromatic heterocycles. The summed E-state index contributed by atoms with van der Waals surface area (Å²) in [4.78, 5) is 8.06. The van der Waals surface area contributed by atoms with Crippen molar-refractivity contribution in [3.63, 3.8) is 0 Å². The molecule has 0 spiro atoms. The summed E-state index contributed by atoms with van der Waals surface area (Å²) in [6.07, 6.45) is 1.75. The minimum absolute atomic E-state index is 0.0504. The zero-order valence-electron chi connectivity index (χ0n) is 14.3. The van der Waals surface area contributed by atoms with Gasteiger partial charge in [-0.3, -0.25) is 4.98 Å². The molecule has 1 fully saturated rings. The Balaban J connectivity index is 1.83. The van der Waals surface area contributed by atoms with Crippen molar-refractivity contribution in [2.75, 3.05) is 24.6 Å². The van der Waals surface area contributed by atoms with Crippen LogP contribution in [0, 0.1) is 25.2 Å². The highest BCUT2D eigenvalue weighted by Gasteiger charge is 2.26. The van der Waals surface area contributed by atoms with E-state index in [4.69, 9.17) is 4.74 Å². The maximum atomic E-state index is 9.65. The lowest BCUT2D eigenvalue weighted by atomic mass is 10.0. The number of nitriles is 1. The Bertz CT molecular complexity index is 959. The number of fused-ring (bicyclic) bond motifs is 1. The number of hydrogen-bond acceptors (Lipinski definition) is 5. The van der Waals surface area contributed by atoms with Crippen LogP contribution in [0.5, 0.6) is 0 Å². The van der Waals surface area contributed by atoms with Gasteiger partial charge in [0.2, 0.25) is 0 Å². The van der Waals surface area contributed by atoms with Gasteiger partial charge in [-0.1, -0.05) is 17.7 Å². The van der Waals surface area contributed by atoms with Gasteiger partial charge in [0.05, 0.1) is 23.4 Å². The molecule has 0 N–H and O–H groups in total. The molecule has 0 amide bonds. The average molecular weight is 349 g/mol. The summed E-state index contributed by atoms with van der Waals surface area (Å²) in [7, 11) is 0. The summed E-state index contributed by atoms with van der Waals surface area (Å²) in [5.41, 5.74) is 4.92. The molecule has 1 saturated heterocycles. The molecule has 3 aromatic rings. The lowest BCUT2D eigenvalue weighted by Gasteiger charge is -2.35. The summed E-state index contributed by atoms with van der Waals surface area (Å²) >= 11 is 1.72. The van der Waals surface area contributed by atoms with E-state index in [0.717, 1.165) is 35.2 Å². The fraction of sp³-hybridized carbons (Fsp3) is 0.300. The van der Waals surface area contributed by atoms with Crippen LogP contribution in [0.3, 0.4) is 0 Å². The lowest BCUT2D eigenvalue weighted by molar-refractivity contribution is 0.0422. The van der Waals surface area contributed by atoms with Crippen molar-refractivity contribution in [1.29, 1.82) is 5.26 Å². The van der Waals surface area contributed by atoms with Gasteiger partial charge in [0.25, 0.3) is 0 Å². The number of benzene rings is 1. The molecular formula is C20H19N3OS. The second kappa shape index (κ2) is 6.47. The Kier molecular flexibility index (Phi) is 4.16. The van der Waals surface area contributed by atoms with Gasteiger partial charge < -0.3 is 9.64 Å². The molecule has 5 heteroatoms. The van der Waals surface area contributed by atoms with Crippen molar-refractivity contribution in [2.24, 2.45) is 0 Å². The van der Waals surface area contributed by atoms with Crippen LogP contribution >= 0.6 is 11.3 Å². The third-order valence-electron chi connectivity index (χ3n) is 4.64. The largest absolute Gasteiger partial charge is 0.369 e. The molecule has 25 heavy (non-hydrogen) atoms. The van der Waals surface area contributed by atoms with Crippen molar-refractivity contribution in [1.82, 2.24) is 4.98 Å². The highest BCUT2D eigenvalue weighted by Crippen LogP contribution is 2.35. The van der Waals surface area contributed by atoms with Crippen molar-refractivity contribution >= 4 is 27.9 Å². The van der Waals surface area contributed by atoms with Gasteiger partial charge in [-0.15, -0.1) is 11.3 Å². The van der Waals surface area contributed by atoms with Crippen LogP contribution in [0.2, 0.25) is 0 Å². The molecule has 0 saturated carbocycles. The topological polar surface area (TPSA) is 49.2 Å². The first-order chi connectivity index (χ1) is 12.2. The number of ether oxygens (including phenoxy) is 1. The summed E-state index contributed by atoms with van der Waals surface area (Å²) in [5, 5.41) is 12.8. The van der Waals surface area contributed by atoms with Crippen LogP contribution < -0.4 is 4.90 Å². The van der Waals surface area contributed by atoms with E-state index in [2.05, 4.69) is 59.4 Å². The van der Waals surface area contributed by atoms with Gasteiger partial charge in [-0.25, -0.2) is 0 Å². The first-order valence-electron chi connectivity index (χ1n) is 8.37. The summed E-state index contributed by atoms with van der Waals surface area (Å²) in [6, 6.07) is 10.8. The molecule has 3 heterocycles. The Labute approximate surface area is 151 Å². The van der Waals surface area contributed by atoms with Gasteiger partial charge in [-0.05, 0) is 36.9 Å². The number of rotatable bonds is 2. The van der Waals surface area contributed by atoms with E-state index in [1.807, 2.05) is 0 Å². The van der Waals surface area contributed by atoms with E-state index in [0.29, 0.717) is 12.2 Å². The minimum atomic E-state index is 0.0504. The van der Waals surface area contributed by atoms with Crippen LogP contribution in [-0.2, 0) is 4.74 Å². The van der Waals surface area contributed by atoms with Gasteiger partial charge in [0.1, 0.15) is 12.2 Å². The monoisotopic (exact) mass is 349 g/mol. The standard InChI is InChI=1S/C20H19N3OS/c1-13-8-14(2)19-16(9-13)20(15(10-21)11-22-19)23-5-6-24-17(12-23)18-4-3-7-25-18/h3-4,7-9,11,17H,5-6,12H2,1-2H3. The molecule has 0 aliphatic carbocycles. The van der Waals surface area contributed by atoms with Gasteiger partial charge in [0, 0.05) is 29.5 Å². The number of anilines is 1. The van der Waals surface area contributed by atoms with Crippen molar-refractivity contribution < 1.29 is 4.74 Å². The second-order valence-electron chi connectivity index (χ2n) is 6.43. The Hall–Kier alpha value is -2.42. The maximum Gasteiger partial charge on any atom is 0.109 e. The number of pyridine rings is 1. The van der Waals surface area contributed by atoms with Crippen LogP contribution in [-0.4, -0.2) is 24.7 Å². The van der Waals surface area contributed by atoms with Crippen LogP contribution in [0.25, 0.3) is 10.9 Å².